The van der Waals surface area contributed by atoms with Gasteiger partial charge in [-0.1, -0.05) is 44.2 Å². The number of methoxy groups -OCH3 is 1. The van der Waals surface area contributed by atoms with Crippen molar-refractivity contribution in [2.75, 3.05) is 17.1 Å². The van der Waals surface area contributed by atoms with Crippen LogP contribution in [0, 0.1) is 18.6 Å². The van der Waals surface area contributed by atoms with Crippen LogP contribution in [0.5, 0.6) is 11.5 Å². The number of para-hydroxylation sites is 1. The Morgan fingerprint density at radius 3 is 2.44 bits per heavy atom. The van der Waals surface area contributed by atoms with Gasteiger partial charge in [-0.3, -0.25) is 4.72 Å². The first kappa shape index (κ1) is 32.8. The molecule has 2 N–H and O–H groups in total. The minimum absolute atomic E-state index is 0.00982. The van der Waals surface area contributed by atoms with Gasteiger partial charge in [-0.15, -0.1) is 0 Å². The van der Waals surface area contributed by atoms with Crippen molar-refractivity contribution in [2.45, 2.75) is 57.4 Å². The molecule has 4 aromatic rings. The van der Waals surface area contributed by atoms with Gasteiger partial charge in [0, 0.05) is 17.7 Å². The molecule has 0 saturated carbocycles. The third kappa shape index (κ3) is 7.36. The molecule has 8 nitrogen and oxygen atoms in total. The number of sulfonamides is 1. The number of aryl methyl sites for hydroxylation is 1. The van der Waals surface area contributed by atoms with E-state index in [1.54, 1.807) is 20.1 Å². The molecule has 0 saturated heterocycles. The lowest BCUT2D eigenvalue weighted by atomic mass is 10.2. The van der Waals surface area contributed by atoms with E-state index in [0.717, 1.165) is 29.0 Å². The molecule has 0 unspecified atom stereocenters. The Bertz CT molecular complexity index is 1760. The van der Waals surface area contributed by atoms with Gasteiger partial charge in [0.05, 0.1) is 28.5 Å². The topological polar surface area (TPSA) is 102 Å². The molecule has 43 heavy (non-hydrogen) atoms. The van der Waals surface area contributed by atoms with Crippen LogP contribution in [-0.2, 0) is 16.6 Å². The zero-order valence-electron chi connectivity index (χ0n) is 24.8. The molecule has 14 heteroatoms. The highest BCUT2D eigenvalue weighted by Gasteiger charge is 2.40. The number of thiazole rings is 1. The maximum Gasteiger partial charge on any atom is 0.281 e. The Balaban J connectivity index is 1.52. The van der Waals surface area contributed by atoms with Gasteiger partial charge in [-0.2, -0.15) is 8.42 Å². The van der Waals surface area contributed by atoms with Crippen molar-refractivity contribution in [3.63, 3.8) is 0 Å². The lowest BCUT2D eigenvalue weighted by Crippen LogP contribution is -2.44. The van der Waals surface area contributed by atoms with E-state index < -0.39 is 30.0 Å². The van der Waals surface area contributed by atoms with Gasteiger partial charge < -0.3 is 14.5 Å². The quantitative estimate of drug-likeness (QED) is 0.160. The second-order valence-corrected chi connectivity index (χ2v) is 20.0. The van der Waals surface area contributed by atoms with Crippen LogP contribution in [0.1, 0.15) is 31.9 Å². The number of benzene rings is 2. The summed E-state index contributed by atoms with van der Waals surface area (Å²) in [6.07, 6.45) is 1.45. The second-order valence-electron chi connectivity index (χ2n) is 11.4. The summed E-state index contributed by atoms with van der Waals surface area (Å²) in [6, 6.07) is 10.8. The van der Waals surface area contributed by atoms with E-state index in [2.05, 4.69) is 69.8 Å². The molecule has 0 bridgehead atoms. The Hall–Kier alpha value is -3.07. The van der Waals surface area contributed by atoms with Crippen molar-refractivity contribution >= 4 is 56.4 Å². The number of nitrogens with one attached hydrogen (secondary N) is 2. The number of ether oxygens (including phenoxy) is 1. The second kappa shape index (κ2) is 12.5. The fraction of sp³-hybridized carbons (Fsp3) is 0.310. The first-order chi connectivity index (χ1) is 20.0. The Morgan fingerprint density at radius 1 is 1.09 bits per heavy atom. The molecule has 0 atom stereocenters. The Morgan fingerprint density at radius 2 is 1.81 bits per heavy atom. The number of rotatable bonds is 10. The van der Waals surface area contributed by atoms with Crippen LogP contribution in [0.25, 0.3) is 11.3 Å². The molecule has 0 amide bonds. The number of hydrogen-bond donors (Lipinski definition) is 2. The molecule has 230 valence electrons. The predicted octanol–water partition coefficient (Wildman–Crippen LogP) is 8.36. The van der Waals surface area contributed by atoms with Gasteiger partial charge >= 0.3 is 0 Å². The van der Waals surface area contributed by atoms with Crippen LogP contribution in [0.2, 0.25) is 18.1 Å². The third-order valence-corrected chi connectivity index (χ3v) is 14.7. The number of halogens is 3. The van der Waals surface area contributed by atoms with Crippen molar-refractivity contribution in [3.8, 4) is 22.8 Å². The summed E-state index contributed by atoms with van der Waals surface area (Å²) in [5, 5.41) is 3.18. The molecule has 0 radical (unpaired) electrons. The first-order valence-electron chi connectivity index (χ1n) is 13.2. The highest BCUT2D eigenvalue weighted by atomic mass is 79.9. The Kier molecular flexibility index (Phi) is 9.55. The van der Waals surface area contributed by atoms with Gasteiger partial charge in [-0.05, 0) is 76.9 Å². The summed E-state index contributed by atoms with van der Waals surface area (Å²) in [5.41, 5.74) is 2.50. The minimum atomic E-state index is -4.11. The largest absolute Gasteiger partial charge is 0.541 e. The maximum absolute atomic E-state index is 13.7. The molecular formula is C29H33BrF2N4O4S2Si. The van der Waals surface area contributed by atoms with Gasteiger partial charge in [0.2, 0.25) is 0 Å². The Labute approximate surface area is 264 Å². The number of anilines is 2. The van der Waals surface area contributed by atoms with Gasteiger partial charge in [0.25, 0.3) is 18.3 Å². The molecule has 0 fully saturated rings. The van der Waals surface area contributed by atoms with Crippen molar-refractivity contribution in [3.05, 3.63) is 75.2 Å². The summed E-state index contributed by atoms with van der Waals surface area (Å²) >= 11 is 4.33. The normalized spacial score (nSPS) is 12.2. The number of pyridine rings is 1. The zero-order valence-corrected chi connectivity index (χ0v) is 29.0. The SMILES string of the molecule is COc1cccc(CNc2cnc(S(=O)(=O)Nc3nc(-c4ccc(F)c(F)c4)c(Br)s3)c(C)c2)c1O[Si](C)(C)C(C)(C)C. The van der Waals surface area contributed by atoms with Crippen molar-refractivity contribution in [1.82, 2.24) is 9.97 Å². The molecule has 0 aliphatic carbocycles. The molecule has 2 aromatic heterocycles. The highest BCUT2D eigenvalue weighted by molar-refractivity contribution is 9.11. The van der Waals surface area contributed by atoms with Crippen LogP contribution < -0.4 is 19.2 Å². The van der Waals surface area contributed by atoms with Crippen molar-refractivity contribution in [2.24, 2.45) is 0 Å². The summed E-state index contributed by atoms with van der Waals surface area (Å²) in [6.45, 7) is 12.9. The van der Waals surface area contributed by atoms with E-state index >= 15 is 0 Å². The van der Waals surface area contributed by atoms with Crippen molar-refractivity contribution < 1.29 is 26.4 Å². The molecular weight excluding hydrogens is 678 g/mol. The highest BCUT2D eigenvalue weighted by Crippen LogP contribution is 2.42. The monoisotopic (exact) mass is 710 g/mol. The summed E-state index contributed by atoms with van der Waals surface area (Å²) in [5.74, 6) is -0.681. The third-order valence-electron chi connectivity index (χ3n) is 7.21. The average molecular weight is 712 g/mol. The fourth-order valence-corrected chi connectivity index (χ4v) is 7.79. The average Bonchev–Trinajstić information content (AvgIpc) is 3.27. The molecule has 2 heterocycles. The van der Waals surface area contributed by atoms with E-state index in [-0.39, 0.29) is 20.9 Å². The lowest BCUT2D eigenvalue weighted by Gasteiger charge is -2.37. The lowest BCUT2D eigenvalue weighted by molar-refractivity contribution is 0.384. The van der Waals surface area contributed by atoms with Crippen LogP contribution in [-0.4, -0.2) is 33.8 Å². The predicted molar refractivity (Wildman–Crippen MR) is 173 cm³/mol. The first-order valence-corrected chi connectivity index (χ1v) is 19.2. The summed E-state index contributed by atoms with van der Waals surface area (Å²) in [7, 11) is -4.66. The standard InChI is InChI=1S/C29H33BrF2N4O4S2Si/c1-17-13-20(33-15-19-9-8-10-23(39-5)25(19)40-43(6,7)29(2,3)4)16-34-27(17)42(37,38)36-28-35-24(26(30)41-28)18-11-12-21(31)22(32)14-18/h8-14,16,33H,15H2,1-7H3,(H,35,36). The molecule has 4 rings (SSSR count). The van der Waals surface area contributed by atoms with E-state index in [1.807, 2.05) is 18.2 Å². The van der Waals surface area contributed by atoms with Gasteiger partial charge in [0.1, 0.15) is 0 Å². The van der Waals surface area contributed by atoms with Crippen LogP contribution in [0.15, 0.2) is 57.5 Å². The molecule has 0 aliphatic heterocycles. The van der Waals surface area contributed by atoms with Crippen LogP contribution in [0.4, 0.5) is 19.6 Å². The van der Waals surface area contributed by atoms with E-state index in [9.17, 15) is 17.2 Å². The van der Waals surface area contributed by atoms with Gasteiger partial charge in [-0.25, -0.2) is 18.7 Å². The smallest absolute Gasteiger partial charge is 0.281 e. The van der Waals surface area contributed by atoms with Crippen LogP contribution in [0.3, 0.4) is 0 Å². The fourth-order valence-electron chi connectivity index (χ4n) is 3.85. The van der Waals surface area contributed by atoms with Gasteiger partial charge in [0.15, 0.2) is 33.3 Å². The van der Waals surface area contributed by atoms with Crippen LogP contribution >= 0.6 is 27.3 Å². The van der Waals surface area contributed by atoms with E-state index in [1.165, 1.54) is 12.3 Å². The molecule has 0 spiro atoms. The maximum atomic E-state index is 13.7. The zero-order chi connectivity index (χ0) is 31.7. The van der Waals surface area contributed by atoms with E-state index in [0.29, 0.717) is 38.6 Å². The number of aromatic nitrogens is 2. The summed E-state index contributed by atoms with van der Waals surface area (Å²) in [4.78, 5) is 8.49. The number of nitrogens with zero attached hydrogens (tertiary/aromatic N) is 2. The molecule has 2 aromatic carbocycles. The van der Waals surface area contributed by atoms with Crippen molar-refractivity contribution in [1.29, 1.82) is 0 Å². The number of hydrogen-bond acceptors (Lipinski definition) is 8. The van der Waals surface area contributed by atoms with E-state index in [4.69, 9.17) is 9.16 Å². The minimum Gasteiger partial charge on any atom is -0.541 e. The molecule has 0 aliphatic rings. The summed E-state index contributed by atoms with van der Waals surface area (Å²) < 4.78 is 68.7.